The summed E-state index contributed by atoms with van der Waals surface area (Å²) in [6.45, 7) is 13.6. The first-order chi connectivity index (χ1) is 11.3. The molecular formula is C19H27NO4Si. The molecule has 1 aromatic carbocycles. The van der Waals surface area contributed by atoms with E-state index in [0.29, 0.717) is 11.3 Å². The molecule has 0 saturated heterocycles. The van der Waals surface area contributed by atoms with Gasteiger partial charge in [0.25, 0.3) is 0 Å². The zero-order valence-electron chi connectivity index (χ0n) is 16.0. The van der Waals surface area contributed by atoms with Crippen LogP contribution in [0.4, 0.5) is 10.5 Å². The molecule has 0 spiro atoms. The topological polar surface area (TPSA) is 75.6 Å². The number of amides is 1. The van der Waals surface area contributed by atoms with Crippen LogP contribution >= 0.6 is 0 Å². The van der Waals surface area contributed by atoms with Crippen molar-refractivity contribution in [2.24, 2.45) is 0 Å². The number of rotatable bonds is 3. The zero-order valence-corrected chi connectivity index (χ0v) is 17.0. The van der Waals surface area contributed by atoms with E-state index >= 15 is 0 Å². The molecule has 1 rings (SSSR count). The van der Waals surface area contributed by atoms with Crippen molar-refractivity contribution in [1.82, 2.24) is 0 Å². The van der Waals surface area contributed by atoms with Gasteiger partial charge in [-0.15, -0.1) is 5.54 Å². The van der Waals surface area contributed by atoms with E-state index < -0.39 is 25.7 Å². The Morgan fingerprint density at radius 2 is 1.84 bits per heavy atom. The lowest BCUT2D eigenvalue weighted by Gasteiger charge is -2.20. The van der Waals surface area contributed by atoms with Gasteiger partial charge in [0.2, 0.25) is 0 Å². The Balaban J connectivity index is 3.28. The summed E-state index contributed by atoms with van der Waals surface area (Å²) in [5.74, 6) is 2.22. The smallest absolute Gasteiger partial charge is 0.412 e. The molecule has 136 valence electrons. The van der Waals surface area contributed by atoms with Crippen molar-refractivity contribution < 1.29 is 19.4 Å². The molecule has 1 amide bonds. The fourth-order valence-corrected chi connectivity index (χ4v) is 2.49. The molecule has 0 radical (unpaired) electrons. The summed E-state index contributed by atoms with van der Waals surface area (Å²) >= 11 is 0. The van der Waals surface area contributed by atoms with Gasteiger partial charge in [-0.2, -0.15) is 0 Å². The fourth-order valence-electron chi connectivity index (χ4n) is 1.98. The lowest BCUT2D eigenvalue weighted by Crippen LogP contribution is -2.27. The first-order valence-electron chi connectivity index (χ1n) is 8.15. The average molecular weight is 362 g/mol. The molecule has 6 heteroatoms. The normalized spacial score (nSPS) is 11.3. The van der Waals surface area contributed by atoms with E-state index in [-0.39, 0.29) is 6.42 Å². The average Bonchev–Trinajstić information content (AvgIpc) is 2.36. The second kappa shape index (κ2) is 7.75. The van der Waals surface area contributed by atoms with Crippen molar-refractivity contribution >= 4 is 25.8 Å². The highest BCUT2D eigenvalue weighted by atomic mass is 28.3. The first-order valence-corrected chi connectivity index (χ1v) is 11.7. The number of carbonyl (C=O) groups is 2. The van der Waals surface area contributed by atoms with Gasteiger partial charge in [0.15, 0.2) is 0 Å². The number of benzene rings is 1. The monoisotopic (exact) mass is 361 g/mol. The minimum absolute atomic E-state index is 0.134. The van der Waals surface area contributed by atoms with E-state index in [2.05, 4.69) is 36.4 Å². The van der Waals surface area contributed by atoms with Crippen LogP contribution in [-0.4, -0.2) is 30.8 Å². The third kappa shape index (κ3) is 7.90. The molecule has 0 heterocycles. The summed E-state index contributed by atoms with van der Waals surface area (Å²) in [5.41, 5.74) is 5.30. The molecule has 1 aromatic rings. The zero-order chi connectivity index (χ0) is 19.4. The minimum atomic E-state index is -1.58. The summed E-state index contributed by atoms with van der Waals surface area (Å²) in [7, 11) is -1.58. The van der Waals surface area contributed by atoms with Crippen molar-refractivity contribution in [1.29, 1.82) is 0 Å². The van der Waals surface area contributed by atoms with Crippen molar-refractivity contribution in [3.05, 3.63) is 28.8 Å². The van der Waals surface area contributed by atoms with Gasteiger partial charge in [-0.1, -0.05) is 25.6 Å². The number of hydrogen-bond donors (Lipinski definition) is 2. The van der Waals surface area contributed by atoms with Crippen LogP contribution in [-0.2, 0) is 16.0 Å². The number of nitrogens with one attached hydrogen (secondary N) is 1. The minimum Gasteiger partial charge on any atom is -0.481 e. The Morgan fingerprint density at radius 1 is 1.24 bits per heavy atom. The second-order valence-electron chi connectivity index (χ2n) is 8.01. The van der Waals surface area contributed by atoms with E-state index in [0.717, 1.165) is 11.1 Å². The molecule has 0 aliphatic rings. The number of carbonyl (C=O) groups excluding carboxylic acids is 1. The Labute approximate surface area is 150 Å². The number of anilines is 1. The number of carboxylic acids is 1. The van der Waals surface area contributed by atoms with Gasteiger partial charge < -0.3 is 9.84 Å². The van der Waals surface area contributed by atoms with Gasteiger partial charge in [-0.3, -0.25) is 10.1 Å². The highest BCUT2D eigenvalue weighted by Crippen LogP contribution is 2.23. The van der Waals surface area contributed by atoms with E-state index in [9.17, 15) is 9.59 Å². The van der Waals surface area contributed by atoms with Crippen molar-refractivity contribution in [2.75, 3.05) is 5.32 Å². The summed E-state index contributed by atoms with van der Waals surface area (Å²) in [4.78, 5) is 23.1. The van der Waals surface area contributed by atoms with E-state index in [4.69, 9.17) is 9.84 Å². The number of carboxylic acid groups (broad SMARTS) is 1. The van der Waals surface area contributed by atoms with Gasteiger partial charge in [0, 0.05) is 11.3 Å². The molecular weight excluding hydrogens is 334 g/mol. The quantitative estimate of drug-likeness (QED) is 0.625. The maximum Gasteiger partial charge on any atom is 0.412 e. The van der Waals surface area contributed by atoms with Crippen LogP contribution in [0.3, 0.4) is 0 Å². The van der Waals surface area contributed by atoms with Gasteiger partial charge in [-0.25, -0.2) is 4.79 Å². The number of ether oxygens (including phenoxy) is 1. The molecule has 25 heavy (non-hydrogen) atoms. The Hall–Kier alpha value is -2.26. The van der Waals surface area contributed by atoms with Crippen molar-refractivity contribution in [3.8, 4) is 11.5 Å². The van der Waals surface area contributed by atoms with Gasteiger partial charge in [0.1, 0.15) is 13.7 Å². The predicted molar refractivity (Wildman–Crippen MR) is 103 cm³/mol. The van der Waals surface area contributed by atoms with E-state index in [1.165, 1.54) is 0 Å². The first kappa shape index (κ1) is 20.8. The van der Waals surface area contributed by atoms with Crippen LogP contribution in [0.5, 0.6) is 0 Å². The summed E-state index contributed by atoms with van der Waals surface area (Å²) in [6, 6.07) is 3.43. The van der Waals surface area contributed by atoms with Gasteiger partial charge >= 0.3 is 12.1 Å². The Kier molecular flexibility index (Phi) is 6.44. The van der Waals surface area contributed by atoms with Gasteiger partial charge in [-0.05, 0) is 51.0 Å². The molecule has 5 nitrogen and oxygen atoms in total. The molecule has 2 N–H and O–H groups in total. The van der Waals surface area contributed by atoms with Crippen molar-refractivity contribution in [2.45, 2.75) is 59.4 Å². The Morgan fingerprint density at radius 3 is 2.32 bits per heavy atom. The molecule has 0 saturated carbocycles. The largest absolute Gasteiger partial charge is 0.481 e. The SMILES string of the molecule is Cc1c(C#C[Si](C)(C)C)cc(CC(=O)O)cc1NC(=O)OC(C)(C)C. The molecule has 0 fully saturated rings. The molecule has 0 atom stereocenters. The summed E-state index contributed by atoms with van der Waals surface area (Å²) < 4.78 is 5.28. The van der Waals surface area contributed by atoms with Gasteiger partial charge in [0.05, 0.1) is 6.42 Å². The van der Waals surface area contributed by atoms with Crippen LogP contribution in [0.1, 0.15) is 37.5 Å². The van der Waals surface area contributed by atoms with Crippen LogP contribution in [0.2, 0.25) is 19.6 Å². The number of hydrogen-bond acceptors (Lipinski definition) is 3. The predicted octanol–water partition coefficient (Wildman–Crippen LogP) is 4.20. The Bertz CT molecular complexity index is 731. The van der Waals surface area contributed by atoms with Crippen molar-refractivity contribution in [3.63, 3.8) is 0 Å². The fraction of sp³-hybridized carbons (Fsp3) is 0.474. The molecule has 0 unspecified atom stereocenters. The second-order valence-corrected chi connectivity index (χ2v) is 12.8. The van der Waals surface area contributed by atoms with Crippen LogP contribution in [0, 0.1) is 18.4 Å². The molecule has 0 bridgehead atoms. The lowest BCUT2D eigenvalue weighted by atomic mass is 10.0. The maximum atomic E-state index is 12.1. The summed E-state index contributed by atoms with van der Waals surface area (Å²) in [5, 5.41) is 11.8. The van der Waals surface area contributed by atoms with E-state index in [1.54, 1.807) is 32.9 Å². The van der Waals surface area contributed by atoms with Crippen LogP contribution < -0.4 is 5.32 Å². The third-order valence-corrected chi connectivity index (χ3v) is 3.91. The molecule has 0 aliphatic carbocycles. The third-order valence-electron chi connectivity index (χ3n) is 3.03. The number of aliphatic carboxylic acids is 1. The molecule has 0 aliphatic heterocycles. The lowest BCUT2D eigenvalue weighted by molar-refractivity contribution is -0.136. The maximum absolute atomic E-state index is 12.1. The van der Waals surface area contributed by atoms with Crippen LogP contribution in [0.25, 0.3) is 0 Å². The highest BCUT2D eigenvalue weighted by Gasteiger charge is 2.18. The standard InChI is InChI=1S/C19H27NO4Si/c1-13-15(8-9-25(5,6)7)10-14(12-17(21)22)11-16(13)20-18(23)24-19(2,3)4/h10-11H,12H2,1-7H3,(H,20,23)(H,21,22). The summed E-state index contributed by atoms with van der Waals surface area (Å²) in [6.07, 6.45) is -0.711. The van der Waals surface area contributed by atoms with E-state index in [1.807, 2.05) is 6.92 Å². The van der Waals surface area contributed by atoms with Crippen LogP contribution in [0.15, 0.2) is 12.1 Å². The molecule has 0 aromatic heterocycles. The highest BCUT2D eigenvalue weighted by molar-refractivity contribution is 6.83.